The van der Waals surface area contributed by atoms with Crippen LogP contribution in [-0.2, 0) is 39.5 Å². The van der Waals surface area contributed by atoms with Gasteiger partial charge >= 0.3 is 18.3 Å². The van der Waals surface area contributed by atoms with Crippen LogP contribution in [0.5, 0.6) is 0 Å². The summed E-state index contributed by atoms with van der Waals surface area (Å²) in [6.07, 6.45) is -10.8. The minimum Gasteiger partial charge on any atom is -0.467 e. The van der Waals surface area contributed by atoms with Gasteiger partial charge in [-0.2, -0.15) is 26.3 Å². The van der Waals surface area contributed by atoms with Crippen molar-refractivity contribution in [3.63, 3.8) is 0 Å². The summed E-state index contributed by atoms with van der Waals surface area (Å²) in [4.78, 5) is 24.5. The summed E-state index contributed by atoms with van der Waals surface area (Å²) in [6.45, 7) is 3.75. The van der Waals surface area contributed by atoms with Gasteiger partial charge in [0.25, 0.3) is 0 Å². The number of rotatable bonds is 6. The van der Waals surface area contributed by atoms with Gasteiger partial charge < -0.3 is 10.1 Å². The van der Waals surface area contributed by atoms with Gasteiger partial charge in [-0.1, -0.05) is 18.2 Å². The summed E-state index contributed by atoms with van der Waals surface area (Å²) in [6, 6.07) is 5.14. The highest BCUT2D eigenvalue weighted by Gasteiger charge is 2.37. The van der Waals surface area contributed by atoms with Crippen LogP contribution in [0, 0.1) is 13.8 Å². The average molecular weight is 461 g/mol. The monoisotopic (exact) mass is 461 g/mol. The first-order chi connectivity index (χ1) is 14.7. The molecule has 174 valence electrons. The van der Waals surface area contributed by atoms with Crippen molar-refractivity contribution < 1.29 is 40.7 Å². The zero-order chi connectivity index (χ0) is 24.3. The number of methoxy groups -OCH3 is 1. The van der Waals surface area contributed by atoms with E-state index < -0.39 is 53.4 Å². The van der Waals surface area contributed by atoms with Crippen molar-refractivity contribution in [1.29, 1.82) is 0 Å². The van der Waals surface area contributed by atoms with E-state index in [0.29, 0.717) is 17.7 Å². The van der Waals surface area contributed by atoms with Crippen molar-refractivity contribution in [2.75, 3.05) is 7.11 Å². The van der Waals surface area contributed by atoms with Crippen LogP contribution in [0.2, 0.25) is 0 Å². The van der Waals surface area contributed by atoms with E-state index in [1.165, 1.54) is 0 Å². The number of hydrogen-bond donors (Lipinski definition) is 1. The van der Waals surface area contributed by atoms with Gasteiger partial charge in [0.15, 0.2) is 0 Å². The predicted molar refractivity (Wildman–Crippen MR) is 104 cm³/mol. The van der Waals surface area contributed by atoms with Crippen LogP contribution in [-0.4, -0.2) is 25.0 Å². The lowest BCUT2D eigenvalue weighted by molar-refractivity contribution is -0.145. The van der Waals surface area contributed by atoms with Crippen LogP contribution in [0.25, 0.3) is 0 Å². The molecule has 0 spiro atoms. The van der Waals surface area contributed by atoms with Crippen LogP contribution in [0.4, 0.5) is 26.3 Å². The van der Waals surface area contributed by atoms with Gasteiger partial charge in [-0.15, -0.1) is 0 Å². The molecule has 0 saturated heterocycles. The largest absolute Gasteiger partial charge is 0.467 e. The zero-order valence-corrected chi connectivity index (χ0v) is 17.4. The number of halogens is 6. The number of ether oxygens (including phenoxy) is 1. The van der Waals surface area contributed by atoms with Gasteiger partial charge in [0.2, 0.25) is 5.91 Å². The first kappa shape index (κ1) is 25.2. The summed E-state index contributed by atoms with van der Waals surface area (Å²) in [5.41, 5.74) is -0.871. The maximum atomic E-state index is 13.0. The molecule has 0 bridgehead atoms. The number of alkyl halides is 6. The molecular formula is C22H21F6NO3. The van der Waals surface area contributed by atoms with Gasteiger partial charge in [0, 0.05) is 6.42 Å². The maximum Gasteiger partial charge on any atom is 0.416 e. The molecule has 0 aliphatic heterocycles. The fourth-order valence-electron chi connectivity index (χ4n) is 3.05. The Labute approximate surface area is 180 Å². The Hall–Kier alpha value is -3.04. The number of aryl methyl sites for hydroxylation is 2. The SMILES string of the molecule is COC(=O)[C@@H](Cc1ccc(C)c(C)c1)NC(=O)Cc1cc(C(F)(F)F)cc(C(F)(F)F)c1. The lowest BCUT2D eigenvalue weighted by Gasteiger charge is -2.18. The predicted octanol–water partition coefficient (Wildman–Crippen LogP) is 4.78. The zero-order valence-electron chi connectivity index (χ0n) is 17.4. The third kappa shape index (κ3) is 6.73. The molecule has 0 aliphatic carbocycles. The topological polar surface area (TPSA) is 55.4 Å². The average Bonchev–Trinajstić information content (AvgIpc) is 2.68. The van der Waals surface area contributed by atoms with Gasteiger partial charge in [0.05, 0.1) is 24.7 Å². The second-order valence-corrected chi connectivity index (χ2v) is 7.36. The Morgan fingerprint density at radius 1 is 0.875 bits per heavy atom. The van der Waals surface area contributed by atoms with E-state index in [-0.39, 0.29) is 12.5 Å². The summed E-state index contributed by atoms with van der Waals surface area (Å²) in [7, 11) is 1.10. The number of amides is 1. The quantitative estimate of drug-likeness (QED) is 0.498. The molecule has 0 aromatic heterocycles. The second-order valence-electron chi connectivity index (χ2n) is 7.36. The highest BCUT2D eigenvalue weighted by atomic mass is 19.4. The van der Waals surface area contributed by atoms with Crippen molar-refractivity contribution in [1.82, 2.24) is 5.32 Å². The molecule has 4 nitrogen and oxygen atoms in total. The van der Waals surface area contributed by atoms with Crippen molar-refractivity contribution in [3.8, 4) is 0 Å². The van der Waals surface area contributed by atoms with Crippen LogP contribution in [0.3, 0.4) is 0 Å². The van der Waals surface area contributed by atoms with Crippen molar-refractivity contribution in [2.45, 2.75) is 45.1 Å². The van der Waals surface area contributed by atoms with Crippen LogP contribution in [0.1, 0.15) is 33.4 Å². The van der Waals surface area contributed by atoms with Crippen LogP contribution in [0.15, 0.2) is 36.4 Å². The van der Waals surface area contributed by atoms with Crippen molar-refractivity contribution in [2.24, 2.45) is 0 Å². The van der Waals surface area contributed by atoms with Crippen LogP contribution >= 0.6 is 0 Å². The number of nitrogens with one attached hydrogen (secondary N) is 1. The van der Waals surface area contributed by atoms with E-state index >= 15 is 0 Å². The number of benzene rings is 2. The minimum absolute atomic E-state index is 0.0155. The third-order valence-electron chi connectivity index (χ3n) is 4.84. The molecule has 0 fully saturated rings. The molecule has 2 aromatic carbocycles. The molecule has 0 heterocycles. The standard InChI is InChI=1S/C22H21F6NO3/c1-12-4-5-14(6-13(12)2)9-18(20(31)32-3)29-19(30)10-15-7-16(21(23,24)25)11-17(8-15)22(26,27)28/h4-8,11,18H,9-10H2,1-3H3,(H,29,30)/t18-/m1/s1. The Bertz CT molecular complexity index is 966. The highest BCUT2D eigenvalue weighted by Crippen LogP contribution is 2.36. The molecule has 0 unspecified atom stereocenters. The first-order valence-corrected chi connectivity index (χ1v) is 9.42. The van der Waals surface area contributed by atoms with Crippen LogP contribution < -0.4 is 5.32 Å². The second kappa shape index (κ2) is 9.62. The number of carbonyl (C=O) groups excluding carboxylic acids is 2. The molecule has 1 N–H and O–H groups in total. The number of hydrogen-bond acceptors (Lipinski definition) is 3. The Morgan fingerprint density at radius 2 is 1.44 bits per heavy atom. The molecule has 2 rings (SSSR count). The molecular weight excluding hydrogens is 440 g/mol. The van der Waals surface area contributed by atoms with E-state index in [9.17, 15) is 35.9 Å². The van der Waals surface area contributed by atoms with Gasteiger partial charge in [-0.05, 0) is 54.3 Å². The van der Waals surface area contributed by atoms with Gasteiger partial charge in [-0.25, -0.2) is 4.79 Å². The molecule has 32 heavy (non-hydrogen) atoms. The van der Waals surface area contributed by atoms with E-state index in [0.717, 1.165) is 18.2 Å². The summed E-state index contributed by atoms with van der Waals surface area (Å²) < 4.78 is 82.7. The Morgan fingerprint density at radius 3 is 1.91 bits per heavy atom. The van der Waals surface area contributed by atoms with E-state index in [1.54, 1.807) is 12.1 Å². The maximum absolute atomic E-state index is 13.0. The van der Waals surface area contributed by atoms with Crippen molar-refractivity contribution in [3.05, 3.63) is 69.8 Å². The normalized spacial score (nSPS) is 12.9. The number of esters is 1. The fraction of sp³-hybridized carbons (Fsp3) is 0.364. The van der Waals surface area contributed by atoms with Crippen molar-refractivity contribution >= 4 is 11.9 Å². The summed E-state index contributed by atoms with van der Waals surface area (Å²) >= 11 is 0. The summed E-state index contributed by atoms with van der Waals surface area (Å²) in [5.74, 6) is -1.71. The Kier molecular flexibility index (Phi) is 7.58. The molecule has 0 radical (unpaired) electrons. The molecule has 1 amide bonds. The van der Waals surface area contributed by atoms with E-state index in [4.69, 9.17) is 0 Å². The number of carbonyl (C=O) groups is 2. The molecule has 10 heteroatoms. The molecule has 0 aliphatic rings. The molecule has 0 saturated carbocycles. The minimum atomic E-state index is -5.02. The lowest BCUT2D eigenvalue weighted by Crippen LogP contribution is -2.43. The fourth-order valence-corrected chi connectivity index (χ4v) is 3.05. The van der Waals surface area contributed by atoms with Gasteiger partial charge in [0.1, 0.15) is 6.04 Å². The van der Waals surface area contributed by atoms with Gasteiger partial charge in [-0.3, -0.25) is 4.79 Å². The van der Waals surface area contributed by atoms with E-state index in [2.05, 4.69) is 10.1 Å². The molecule has 1 atom stereocenters. The Balaban J connectivity index is 2.25. The third-order valence-corrected chi connectivity index (χ3v) is 4.84. The smallest absolute Gasteiger partial charge is 0.416 e. The van der Waals surface area contributed by atoms with E-state index in [1.807, 2.05) is 19.9 Å². The summed E-state index contributed by atoms with van der Waals surface area (Å²) in [5, 5.41) is 2.34. The first-order valence-electron chi connectivity index (χ1n) is 9.42. The highest BCUT2D eigenvalue weighted by molar-refractivity contribution is 5.85. The lowest BCUT2D eigenvalue weighted by atomic mass is 10.00. The molecule has 2 aromatic rings.